The third kappa shape index (κ3) is 8.92. The van der Waals surface area contributed by atoms with Crippen LogP contribution in [-0.2, 0) is 0 Å². The van der Waals surface area contributed by atoms with E-state index in [1.165, 1.54) is 98.4 Å². The van der Waals surface area contributed by atoms with E-state index in [0.717, 1.165) is 0 Å². The summed E-state index contributed by atoms with van der Waals surface area (Å²) < 4.78 is 1.42. The van der Waals surface area contributed by atoms with Crippen molar-refractivity contribution in [2.75, 3.05) is 26.2 Å². The first-order chi connectivity index (χ1) is 18.6. The van der Waals surface area contributed by atoms with E-state index in [2.05, 4.69) is 106 Å². The van der Waals surface area contributed by atoms with Crippen molar-refractivity contribution in [2.24, 2.45) is 0 Å². The monoisotopic (exact) mass is 509 g/mol. The lowest BCUT2D eigenvalue weighted by molar-refractivity contribution is -0.929. The fraction of sp³-hybridized carbons (Fsp3) is 0.444. The Kier molecular flexibility index (Phi) is 14.7. The second-order valence-electron chi connectivity index (χ2n) is 10.9. The van der Waals surface area contributed by atoms with E-state index in [4.69, 9.17) is 6.42 Å². The summed E-state index contributed by atoms with van der Waals surface area (Å²) in [7, 11) is 0. The van der Waals surface area contributed by atoms with Gasteiger partial charge in [0.15, 0.2) is 0 Å². The van der Waals surface area contributed by atoms with Crippen LogP contribution >= 0.6 is 0 Å². The molecular formula is C36H52BN. The Morgan fingerprint density at radius 1 is 0.500 bits per heavy atom. The van der Waals surface area contributed by atoms with Crippen LogP contribution < -0.4 is 16.4 Å². The predicted octanol–water partition coefficient (Wildman–Crippen LogP) is 7.33. The predicted molar refractivity (Wildman–Crippen MR) is 172 cm³/mol. The number of terminal acetylenes is 1. The van der Waals surface area contributed by atoms with Crippen LogP contribution in [0.15, 0.2) is 91.0 Å². The molecule has 1 nitrogen and oxygen atoms in total. The molecule has 0 spiro atoms. The summed E-state index contributed by atoms with van der Waals surface area (Å²) in [6, 6.07) is 31.1. The molecule has 0 aliphatic carbocycles. The molecule has 3 aromatic carbocycles. The molecule has 0 saturated heterocycles. The van der Waals surface area contributed by atoms with E-state index in [1.807, 2.05) is 18.2 Å². The largest absolute Gasteiger partial charge is 0.324 e. The maximum absolute atomic E-state index is 6.08. The molecule has 3 aromatic rings. The lowest BCUT2D eigenvalue weighted by atomic mass is 9.16. The first kappa shape index (κ1) is 31.5. The molecule has 0 saturated carbocycles. The Morgan fingerprint density at radius 3 is 0.974 bits per heavy atom. The molecule has 0 N–H and O–H groups in total. The standard InChI is InChI=1S/C20H16B.C16H36N/c1-2-21(18-12-6-3-7-13-18,19-14-8-4-9-15-19)20-16-10-5-11-17-20;1-5-9-13-17(14-10-6-2,15-11-7-3)16-12-8-4/h1,3-17H;5-16H2,1-4H3/q-1;+1. The minimum atomic E-state index is -1.37. The van der Waals surface area contributed by atoms with Crippen LogP contribution in [-0.4, -0.2) is 36.8 Å². The van der Waals surface area contributed by atoms with Crippen LogP contribution in [0.1, 0.15) is 79.1 Å². The highest BCUT2D eigenvalue weighted by molar-refractivity contribution is 7.16. The van der Waals surface area contributed by atoms with Gasteiger partial charge in [-0.15, -0.1) is 0 Å². The topological polar surface area (TPSA) is 0 Å². The molecule has 0 amide bonds. The number of unbranched alkanes of at least 4 members (excludes halogenated alkanes) is 4. The molecule has 0 unspecified atom stereocenters. The average molecular weight is 510 g/mol. The van der Waals surface area contributed by atoms with E-state index >= 15 is 0 Å². The summed E-state index contributed by atoms with van der Waals surface area (Å²) in [5.41, 5.74) is 3.53. The summed E-state index contributed by atoms with van der Waals surface area (Å²) in [5, 5.41) is 0. The van der Waals surface area contributed by atoms with E-state index in [1.54, 1.807) is 0 Å². The number of quaternary nitrogens is 1. The van der Waals surface area contributed by atoms with Gasteiger partial charge in [0.2, 0.25) is 0 Å². The van der Waals surface area contributed by atoms with Gasteiger partial charge < -0.3 is 10.3 Å². The third-order valence-electron chi connectivity index (χ3n) is 8.09. The Labute approximate surface area is 235 Å². The maximum Gasteiger partial charge on any atom is 0.148 e. The minimum absolute atomic E-state index is 1.18. The highest BCUT2D eigenvalue weighted by Crippen LogP contribution is 2.16. The summed E-state index contributed by atoms with van der Waals surface area (Å²) in [6.45, 7) is 15.0. The molecule has 0 aliphatic heterocycles. The smallest absolute Gasteiger partial charge is 0.148 e. The number of hydrogen-bond acceptors (Lipinski definition) is 0. The zero-order valence-electron chi connectivity index (χ0n) is 24.7. The summed E-state index contributed by atoms with van der Waals surface area (Å²) in [4.78, 5) is 0. The molecule has 0 bridgehead atoms. The molecule has 2 heteroatoms. The van der Waals surface area contributed by atoms with E-state index in [-0.39, 0.29) is 0 Å². The van der Waals surface area contributed by atoms with E-state index in [9.17, 15) is 0 Å². The van der Waals surface area contributed by atoms with Gasteiger partial charge in [-0.25, -0.2) is 0 Å². The quantitative estimate of drug-likeness (QED) is 0.114. The molecule has 0 fully saturated rings. The van der Waals surface area contributed by atoms with Gasteiger partial charge in [-0.2, -0.15) is 22.8 Å². The minimum Gasteiger partial charge on any atom is -0.324 e. The van der Waals surface area contributed by atoms with Crippen LogP contribution in [0.2, 0.25) is 0 Å². The fourth-order valence-corrected chi connectivity index (χ4v) is 5.74. The summed E-state index contributed by atoms with van der Waals surface area (Å²) >= 11 is 0. The fourth-order valence-electron chi connectivity index (χ4n) is 5.74. The molecule has 38 heavy (non-hydrogen) atoms. The number of rotatable bonds is 15. The Morgan fingerprint density at radius 2 is 0.763 bits per heavy atom. The second kappa shape index (κ2) is 17.7. The highest BCUT2D eigenvalue weighted by Gasteiger charge is 2.27. The second-order valence-corrected chi connectivity index (χ2v) is 10.9. The van der Waals surface area contributed by atoms with Crippen LogP contribution in [0.3, 0.4) is 0 Å². The SMILES string of the molecule is C#C[B-](c1ccccc1)(c1ccccc1)c1ccccc1.CCCC[N+](CCCC)(CCCC)CCCC. The van der Waals surface area contributed by atoms with Gasteiger partial charge in [0.1, 0.15) is 6.15 Å². The molecule has 0 heterocycles. The lowest BCUT2D eigenvalue weighted by Crippen LogP contribution is -2.66. The first-order valence-corrected chi connectivity index (χ1v) is 15.3. The molecule has 0 aromatic heterocycles. The lowest BCUT2D eigenvalue weighted by Gasteiger charge is -2.39. The van der Waals surface area contributed by atoms with Crippen molar-refractivity contribution < 1.29 is 4.48 Å². The van der Waals surface area contributed by atoms with Gasteiger partial charge in [-0.05, 0) is 25.7 Å². The van der Waals surface area contributed by atoms with E-state index in [0.29, 0.717) is 0 Å². The number of hydrogen-bond donors (Lipinski definition) is 0. The molecule has 3 rings (SSSR count). The highest BCUT2D eigenvalue weighted by atomic mass is 15.3. The van der Waals surface area contributed by atoms with E-state index < -0.39 is 6.15 Å². The van der Waals surface area contributed by atoms with Crippen LogP contribution in [0.5, 0.6) is 0 Å². The molecule has 0 atom stereocenters. The van der Waals surface area contributed by atoms with Crippen molar-refractivity contribution in [3.63, 3.8) is 0 Å². The van der Waals surface area contributed by atoms with Crippen molar-refractivity contribution in [3.8, 4) is 12.2 Å². The van der Waals surface area contributed by atoms with Gasteiger partial charge in [0.05, 0.1) is 26.2 Å². The van der Waals surface area contributed by atoms with Crippen molar-refractivity contribution >= 4 is 22.5 Å². The third-order valence-corrected chi connectivity index (χ3v) is 8.09. The molecule has 0 aliphatic rings. The first-order valence-electron chi connectivity index (χ1n) is 15.3. The van der Waals surface area contributed by atoms with Crippen molar-refractivity contribution in [3.05, 3.63) is 91.0 Å². The van der Waals surface area contributed by atoms with Gasteiger partial charge in [0.25, 0.3) is 0 Å². The maximum atomic E-state index is 6.08. The van der Waals surface area contributed by atoms with Crippen molar-refractivity contribution in [2.45, 2.75) is 79.1 Å². The van der Waals surface area contributed by atoms with Gasteiger partial charge in [-0.1, -0.05) is 144 Å². The van der Waals surface area contributed by atoms with Crippen molar-refractivity contribution in [1.29, 1.82) is 0 Å². The molecular weight excluding hydrogens is 457 g/mol. The van der Waals surface area contributed by atoms with Crippen LogP contribution in [0.4, 0.5) is 0 Å². The zero-order valence-corrected chi connectivity index (χ0v) is 24.7. The summed E-state index contributed by atoms with van der Waals surface area (Å²) in [6.07, 6.45) is 15.8. The Bertz CT molecular complexity index is 889. The summed E-state index contributed by atoms with van der Waals surface area (Å²) in [5.74, 6) is 3.13. The normalized spacial score (nSPS) is 11.3. The van der Waals surface area contributed by atoms with Crippen LogP contribution in [0.25, 0.3) is 0 Å². The van der Waals surface area contributed by atoms with Gasteiger partial charge in [0, 0.05) is 0 Å². The van der Waals surface area contributed by atoms with Gasteiger partial charge in [-0.3, -0.25) is 0 Å². The Hall–Kier alpha value is -2.76. The average Bonchev–Trinajstić information content (AvgIpc) is 2.99. The number of nitrogens with zero attached hydrogens (tertiary/aromatic N) is 1. The molecule has 204 valence electrons. The van der Waals surface area contributed by atoms with Crippen molar-refractivity contribution in [1.82, 2.24) is 0 Å². The number of benzene rings is 3. The molecule has 0 radical (unpaired) electrons. The zero-order chi connectivity index (χ0) is 27.5. The Balaban J connectivity index is 0.000000275. The van der Waals surface area contributed by atoms with Crippen LogP contribution in [0, 0.1) is 12.2 Å². The van der Waals surface area contributed by atoms with Gasteiger partial charge >= 0.3 is 0 Å².